The molecule has 0 saturated carbocycles. The second-order valence-corrected chi connectivity index (χ2v) is 7.39. The Morgan fingerprint density at radius 3 is 1.87 bits per heavy atom. The summed E-state index contributed by atoms with van der Waals surface area (Å²) in [5, 5.41) is 11.7. The number of urea groups is 1. The van der Waals surface area contributed by atoms with Crippen molar-refractivity contribution >= 4 is 18.0 Å². The molecule has 0 aliphatic heterocycles. The molecule has 2 aromatic rings. The van der Waals surface area contributed by atoms with Gasteiger partial charge in [-0.2, -0.15) is 39.5 Å². The van der Waals surface area contributed by atoms with Gasteiger partial charge in [0.15, 0.2) is 0 Å². The van der Waals surface area contributed by atoms with E-state index in [1.807, 2.05) is 0 Å². The van der Waals surface area contributed by atoms with Crippen LogP contribution in [-0.4, -0.2) is 47.4 Å². The summed E-state index contributed by atoms with van der Waals surface area (Å²) in [4.78, 5) is 36.8. The zero-order chi connectivity index (χ0) is 30.2. The van der Waals surface area contributed by atoms with E-state index in [0.717, 1.165) is 37.6 Å². The maximum absolute atomic E-state index is 13.5. The van der Waals surface area contributed by atoms with Gasteiger partial charge in [0.2, 0.25) is 0 Å². The summed E-state index contributed by atoms with van der Waals surface area (Å²) in [6.07, 6.45) is -13.4. The number of hydrogen-bond donors (Lipinski definition) is 3. The number of halogens is 9. The molecule has 2 amide bonds. The van der Waals surface area contributed by atoms with Gasteiger partial charge >= 0.3 is 36.5 Å². The number of aliphatic carboxylic acids is 1. The number of carbonyl (C=O) groups excluding carboxylic acids is 2. The van der Waals surface area contributed by atoms with E-state index in [9.17, 15) is 49.1 Å². The average Bonchev–Trinajstić information content (AvgIpc) is 2.84. The quantitative estimate of drug-likeness (QED) is 0.325. The standard InChI is InChI=1S/C20H19F6N3O3.C2HF3O2/c1-3-14(17(30)32-2)28-18(31)29-15(11-6-8-12(9-7-11)19(21,22)23)16-13(20(24,25)26)5-4-10-27-16;3-2(4,5)1(6)7/h4-10,14-15H,3H2,1-2H3,(H2,28,29,31);(H,6,7)/t14?,15-;/m0./s1. The number of nitrogens with one attached hydrogen (secondary N) is 2. The Labute approximate surface area is 214 Å². The molecule has 0 radical (unpaired) electrons. The van der Waals surface area contributed by atoms with Crippen molar-refractivity contribution in [2.45, 2.75) is 44.0 Å². The Morgan fingerprint density at radius 1 is 0.923 bits per heavy atom. The van der Waals surface area contributed by atoms with Crippen LogP contribution in [-0.2, 0) is 26.7 Å². The van der Waals surface area contributed by atoms with Crippen LogP contribution in [0.25, 0.3) is 0 Å². The molecule has 0 bridgehead atoms. The van der Waals surface area contributed by atoms with Crippen molar-refractivity contribution in [3.8, 4) is 0 Å². The van der Waals surface area contributed by atoms with Crippen LogP contribution >= 0.6 is 0 Å². The van der Waals surface area contributed by atoms with Gasteiger partial charge in [0, 0.05) is 6.20 Å². The number of hydrogen-bond acceptors (Lipinski definition) is 5. The third-order valence-corrected chi connectivity index (χ3v) is 4.71. The van der Waals surface area contributed by atoms with E-state index in [2.05, 4.69) is 20.4 Å². The molecular weight excluding hydrogens is 557 g/mol. The second kappa shape index (κ2) is 13.1. The number of nitrogens with zero attached hydrogens (tertiary/aromatic N) is 1. The van der Waals surface area contributed by atoms with Crippen molar-refractivity contribution in [1.82, 2.24) is 15.6 Å². The number of methoxy groups -OCH3 is 1. The lowest BCUT2D eigenvalue weighted by atomic mass is 9.98. The fraction of sp³-hybridized carbons (Fsp3) is 0.364. The Balaban J connectivity index is 0.000000956. The molecule has 1 aromatic heterocycles. The molecule has 17 heteroatoms. The summed E-state index contributed by atoms with van der Waals surface area (Å²) < 4.78 is 115. The summed E-state index contributed by atoms with van der Waals surface area (Å²) in [5.74, 6) is -3.53. The number of rotatable bonds is 6. The van der Waals surface area contributed by atoms with Crippen LogP contribution in [0.5, 0.6) is 0 Å². The van der Waals surface area contributed by atoms with Crippen LogP contribution in [0.15, 0.2) is 42.6 Å². The number of carboxylic acids is 1. The zero-order valence-corrected chi connectivity index (χ0v) is 19.8. The Bertz CT molecular complexity index is 1130. The molecule has 1 unspecified atom stereocenters. The summed E-state index contributed by atoms with van der Waals surface area (Å²) in [5.41, 5.74) is -2.90. The van der Waals surface area contributed by atoms with Gasteiger partial charge in [-0.1, -0.05) is 19.1 Å². The summed E-state index contributed by atoms with van der Waals surface area (Å²) in [6.45, 7) is 1.57. The van der Waals surface area contributed by atoms with Crippen molar-refractivity contribution in [3.05, 3.63) is 65.0 Å². The molecule has 1 heterocycles. The van der Waals surface area contributed by atoms with Crippen molar-refractivity contribution in [2.75, 3.05) is 7.11 Å². The van der Waals surface area contributed by atoms with Crippen LogP contribution in [0.4, 0.5) is 44.3 Å². The van der Waals surface area contributed by atoms with Crippen molar-refractivity contribution in [2.24, 2.45) is 0 Å². The normalized spacial score (nSPS) is 13.3. The number of benzene rings is 1. The minimum absolute atomic E-state index is 0.0801. The lowest BCUT2D eigenvalue weighted by Crippen LogP contribution is -2.47. The first-order valence-electron chi connectivity index (χ1n) is 10.5. The molecule has 3 N–H and O–H groups in total. The lowest BCUT2D eigenvalue weighted by Gasteiger charge is -2.24. The van der Waals surface area contributed by atoms with E-state index < -0.39 is 65.4 Å². The predicted molar refractivity (Wildman–Crippen MR) is 114 cm³/mol. The first kappa shape index (κ1) is 33.0. The third kappa shape index (κ3) is 9.97. The molecule has 0 aliphatic rings. The fourth-order valence-electron chi connectivity index (χ4n) is 2.86. The monoisotopic (exact) mass is 577 g/mol. The Hall–Kier alpha value is -4.05. The van der Waals surface area contributed by atoms with Gasteiger partial charge in [-0.15, -0.1) is 0 Å². The fourth-order valence-corrected chi connectivity index (χ4v) is 2.86. The van der Waals surface area contributed by atoms with Crippen LogP contribution < -0.4 is 10.6 Å². The van der Waals surface area contributed by atoms with E-state index >= 15 is 0 Å². The van der Waals surface area contributed by atoms with Gasteiger partial charge < -0.3 is 20.5 Å². The molecule has 0 saturated heterocycles. The minimum atomic E-state index is -5.08. The largest absolute Gasteiger partial charge is 0.490 e. The van der Waals surface area contributed by atoms with E-state index in [1.165, 1.54) is 0 Å². The molecule has 8 nitrogen and oxygen atoms in total. The highest BCUT2D eigenvalue weighted by Gasteiger charge is 2.39. The van der Waals surface area contributed by atoms with Crippen LogP contribution in [0, 0.1) is 0 Å². The highest BCUT2D eigenvalue weighted by Crippen LogP contribution is 2.36. The predicted octanol–water partition coefficient (Wildman–Crippen LogP) is 5.09. The van der Waals surface area contributed by atoms with Crippen LogP contribution in [0.3, 0.4) is 0 Å². The van der Waals surface area contributed by atoms with E-state index in [0.29, 0.717) is 12.1 Å². The molecule has 0 fully saturated rings. The van der Waals surface area contributed by atoms with Gasteiger partial charge in [0.1, 0.15) is 6.04 Å². The van der Waals surface area contributed by atoms with Crippen molar-refractivity contribution in [3.63, 3.8) is 0 Å². The van der Waals surface area contributed by atoms with Crippen LogP contribution in [0.1, 0.15) is 41.8 Å². The van der Waals surface area contributed by atoms with E-state index in [-0.39, 0.29) is 12.0 Å². The first-order chi connectivity index (χ1) is 17.8. The lowest BCUT2D eigenvalue weighted by molar-refractivity contribution is -0.192. The molecule has 2 rings (SSSR count). The molecule has 0 aliphatic carbocycles. The number of aromatic nitrogens is 1. The second-order valence-electron chi connectivity index (χ2n) is 7.39. The Morgan fingerprint density at radius 2 is 1.46 bits per heavy atom. The summed E-state index contributed by atoms with van der Waals surface area (Å²) in [7, 11) is 1.10. The van der Waals surface area contributed by atoms with E-state index in [1.54, 1.807) is 6.92 Å². The minimum Gasteiger partial charge on any atom is -0.475 e. The summed E-state index contributed by atoms with van der Waals surface area (Å²) in [6, 6.07) is 1.35. The van der Waals surface area contributed by atoms with Gasteiger partial charge in [-0.05, 0) is 36.2 Å². The third-order valence-electron chi connectivity index (χ3n) is 4.71. The van der Waals surface area contributed by atoms with Gasteiger partial charge in [0.05, 0.1) is 30.0 Å². The smallest absolute Gasteiger partial charge is 0.475 e. The van der Waals surface area contributed by atoms with Crippen molar-refractivity contribution in [1.29, 1.82) is 0 Å². The SMILES string of the molecule is CCC(NC(=O)N[C@@H](c1ccc(C(F)(F)F)cc1)c1ncccc1C(F)(F)F)C(=O)OC.O=C(O)C(F)(F)F. The molecule has 2 atom stereocenters. The number of esters is 1. The molecule has 1 aromatic carbocycles. The number of ether oxygens (including phenoxy) is 1. The Kier molecular flexibility index (Phi) is 11.1. The topological polar surface area (TPSA) is 118 Å². The molecule has 216 valence electrons. The maximum Gasteiger partial charge on any atom is 0.490 e. The van der Waals surface area contributed by atoms with Gasteiger partial charge in [-0.3, -0.25) is 4.98 Å². The first-order valence-corrected chi connectivity index (χ1v) is 10.5. The van der Waals surface area contributed by atoms with Gasteiger partial charge in [0.25, 0.3) is 0 Å². The number of amides is 2. The zero-order valence-electron chi connectivity index (χ0n) is 19.8. The summed E-state index contributed by atoms with van der Waals surface area (Å²) >= 11 is 0. The number of alkyl halides is 9. The number of pyridine rings is 1. The highest BCUT2D eigenvalue weighted by molar-refractivity contribution is 5.83. The molecule has 0 spiro atoms. The highest BCUT2D eigenvalue weighted by atomic mass is 19.4. The number of carbonyl (C=O) groups is 3. The number of carboxylic acid groups (broad SMARTS) is 1. The maximum atomic E-state index is 13.5. The van der Waals surface area contributed by atoms with Crippen molar-refractivity contribution < 1.29 is 63.7 Å². The van der Waals surface area contributed by atoms with Crippen LogP contribution in [0.2, 0.25) is 0 Å². The molecule has 39 heavy (non-hydrogen) atoms. The van der Waals surface area contributed by atoms with E-state index in [4.69, 9.17) is 9.90 Å². The average molecular weight is 577 g/mol. The van der Waals surface area contributed by atoms with Gasteiger partial charge in [-0.25, -0.2) is 14.4 Å². The molecular formula is C22H20F9N3O5.